The highest BCUT2D eigenvalue weighted by Crippen LogP contribution is 2.22. The molecule has 0 saturated carbocycles. The third-order valence-electron chi connectivity index (χ3n) is 6.34. The maximum atomic E-state index is 12.8. The summed E-state index contributed by atoms with van der Waals surface area (Å²) < 4.78 is 11.3. The summed E-state index contributed by atoms with van der Waals surface area (Å²) in [7, 11) is 1.63. The van der Waals surface area contributed by atoms with Gasteiger partial charge in [0.25, 0.3) is 5.91 Å². The van der Waals surface area contributed by atoms with Crippen LogP contribution in [0.4, 0.5) is 0 Å². The van der Waals surface area contributed by atoms with Crippen molar-refractivity contribution in [3.63, 3.8) is 0 Å². The smallest absolute Gasteiger partial charge is 0.253 e. The third kappa shape index (κ3) is 5.61. The number of nitrogens with zero attached hydrogens (tertiary/aromatic N) is 2. The average molecular weight is 437 g/mol. The predicted octanol–water partition coefficient (Wildman–Crippen LogP) is 3.79. The summed E-state index contributed by atoms with van der Waals surface area (Å²) in [6.07, 6.45) is 4.60. The van der Waals surface area contributed by atoms with Crippen LogP contribution in [0.5, 0.6) is 11.5 Å². The van der Waals surface area contributed by atoms with Gasteiger partial charge in [0, 0.05) is 37.7 Å². The van der Waals surface area contributed by atoms with Crippen LogP contribution in [-0.2, 0) is 11.2 Å². The number of amides is 2. The van der Waals surface area contributed by atoms with Crippen LogP contribution in [0.3, 0.4) is 0 Å². The van der Waals surface area contributed by atoms with Crippen molar-refractivity contribution < 1.29 is 19.1 Å². The van der Waals surface area contributed by atoms with Crippen LogP contribution < -0.4 is 9.47 Å². The van der Waals surface area contributed by atoms with Gasteiger partial charge in [-0.3, -0.25) is 9.59 Å². The van der Waals surface area contributed by atoms with Crippen molar-refractivity contribution in [3.05, 3.63) is 59.7 Å². The van der Waals surface area contributed by atoms with E-state index >= 15 is 0 Å². The van der Waals surface area contributed by atoms with E-state index in [9.17, 15) is 9.59 Å². The molecule has 32 heavy (non-hydrogen) atoms. The maximum Gasteiger partial charge on any atom is 0.253 e. The van der Waals surface area contributed by atoms with E-state index in [-0.39, 0.29) is 11.8 Å². The normalized spacial score (nSPS) is 18.5. The minimum atomic E-state index is 0.103. The lowest BCUT2D eigenvalue weighted by molar-refractivity contribution is -0.132. The van der Waals surface area contributed by atoms with Crippen molar-refractivity contribution in [1.82, 2.24) is 9.80 Å². The lowest BCUT2D eigenvalue weighted by Crippen LogP contribution is -2.42. The Morgan fingerprint density at radius 1 is 0.938 bits per heavy atom. The Morgan fingerprint density at radius 2 is 1.69 bits per heavy atom. The minimum Gasteiger partial charge on any atom is -0.497 e. The van der Waals surface area contributed by atoms with E-state index in [1.807, 2.05) is 58.3 Å². The number of likely N-dealkylation sites (tertiary alicyclic amines) is 2. The number of rotatable bonds is 7. The molecular formula is C26H32N2O4. The van der Waals surface area contributed by atoms with Crippen molar-refractivity contribution in [2.45, 2.75) is 32.1 Å². The van der Waals surface area contributed by atoms with Gasteiger partial charge in [-0.1, -0.05) is 12.1 Å². The Morgan fingerprint density at radius 3 is 2.44 bits per heavy atom. The van der Waals surface area contributed by atoms with Crippen molar-refractivity contribution in [1.29, 1.82) is 0 Å². The zero-order valence-corrected chi connectivity index (χ0v) is 18.8. The first-order chi connectivity index (χ1) is 15.6. The maximum absolute atomic E-state index is 12.8. The van der Waals surface area contributed by atoms with E-state index in [1.54, 1.807) is 7.11 Å². The highest BCUT2D eigenvalue weighted by atomic mass is 16.5. The van der Waals surface area contributed by atoms with Crippen molar-refractivity contribution in [2.24, 2.45) is 5.92 Å². The van der Waals surface area contributed by atoms with Gasteiger partial charge in [0.15, 0.2) is 0 Å². The lowest BCUT2D eigenvalue weighted by Gasteiger charge is -2.32. The first kappa shape index (κ1) is 22.2. The molecule has 0 aromatic heterocycles. The molecule has 170 valence electrons. The predicted molar refractivity (Wildman–Crippen MR) is 123 cm³/mol. The van der Waals surface area contributed by atoms with Gasteiger partial charge < -0.3 is 19.3 Å². The molecule has 0 bridgehead atoms. The van der Waals surface area contributed by atoms with Crippen LogP contribution in [0.15, 0.2) is 48.5 Å². The fraction of sp³-hybridized carbons (Fsp3) is 0.462. The fourth-order valence-corrected chi connectivity index (χ4v) is 4.51. The van der Waals surface area contributed by atoms with Crippen LogP contribution in [0.1, 0.15) is 41.6 Å². The highest BCUT2D eigenvalue weighted by molar-refractivity contribution is 5.94. The Labute approximate surface area is 190 Å². The van der Waals surface area contributed by atoms with Gasteiger partial charge in [0.05, 0.1) is 20.1 Å². The molecule has 0 N–H and O–H groups in total. The Bertz CT molecular complexity index is 922. The van der Waals surface area contributed by atoms with Gasteiger partial charge in [-0.2, -0.15) is 0 Å². The number of carbonyl (C=O) groups excluding carboxylic acids is 2. The van der Waals surface area contributed by atoms with Gasteiger partial charge >= 0.3 is 0 Å². The van der Waals surface area contributed by atoms with Gasteiger partial charge in [-0.05, 0) is 67.6 Å². The van der Waals surface area contributed by atoms with E-state index in [4.69, 9.17) is 9.47 Å². The van der Waals surface area contributed by atoms with Crippen LogP contribution in [0.2, 0.25) is 0 Å². The number of ether oxygens (including phenoxy) is 2. The van der Waals surface area contributed by atoms with Crippen LogP contribution in [-0.4, -0.2) is 61.5 Å². The Kier molecular flexibility index (Phi) is 7.30. The van der Waals surface area contributed by atoms with Crippen molar-refractivity contribution in [3.8, 4) is 11.5 Å². The first-order valence-corrected chi connectivity index (χ1v) is 11.6. The zero-order valence-electron chi connectivity index (χ0n) is 18.8. The Hall–Kier alpha value is -3.02. The molecule has 2 aliphatic rings. The monoisotopic (exact) mass is 436 g/mol. The topological polar surface area (TPSA) is 59.1 Å². The van der Waals surface area contributed by atoms with Crippen LogP contribution >= 0.6 is 0 Å². The zero-order chi connectivity index (χ0) is 22.3. The number of carbonyl (C=O) groups is 2. The fourth-order valence-electron chi connectivity index (χ4n) is 4.51. The summed E-state index contributed by atoms with van der Waals surface area (Å²) in [5, 5.41) is 0. The number of benzene rings is 2. The third-order valence-corrected chi connectivity index (χ3v) is 6.34. The SMILES string of the molecule is COc1cccc(CC(=O)N2CCCC(COc3ccc(C(=O)N4CCCC4)cc3)C2)c1. The minimum absolute atomic E-state index is 0.103. The van der Waals surface area contributed by atoms with E-state index in [1.165, 1.54) is 0 Å². The molecular weight excluding hydrogens is 404 g/mol. The summed E-state index contributed by atoms with van der Waals surface area (Å²) in [5.74, 6) is 2.10. The molecule has 0 aliphatic carbocycles. The molecule has 2 fully saturated rings. The number of methoxy groups -OCH3 is 1. The molecule has 0 radical (unpaired) electrons. The average Bonchev–Trinajstić information content (AvgIpc) is 3.38. The first-order valence-electron chi connectivity index (χ1n) is 11.6. The summed E-state index contributed by atoms with van der Waals surface area (Å²) in [4.78, 5) is 29.1. The standard InChI is InChI=1S/C26H32N2O4/c1-31-24-8-4-6-20(16-24)17-25(29)28-15-5-7-21(18-28)19-32-23-11-9-22(10-12-23)26(30)27-13-2-3-14-27/h4,6,8-12,16,21H,2-3,5,7,13-15,17-19H2,1H3. The molecule has 4 rings (SSSR count). The van der Waals surface area contributed by atoms with Crippen molar-refractivity contribution >= 4 is 11.8 Å². The quantitative estimate of drug-likeness (QED) is 0.663. The molecule has 2 heterocycles. The summed E-state index contributed by atoms with van der Waals surface area (Å²) in [6, 6.07) is 15.1. The van der Waals surface area contributed by atoms with E-state index in [0.29, 0.717) is 31.1 Å². The molecule has 2 aromatic rings. The van der Waals surface area contributed by atoms with Gasteiger partial charge in [-0.25, -0.2) is 0 Å². The second-order valence-corrected chi connectivity index (χ2v) is 8.71. The molecule has 2 aliphatic heterocycles. The molecule has 2 saturated heterocycles. The molecule has 0 spiro atoms. The number of piperidine rings is 1. The van der Waals surface area contributed by atoms with Crippen LogP contribution in [0, 0.1) is 5.92 Å². The Balaban J connectivity index is 1.26. The highest BCUT2D eigenvalue weighted by Gasteiger charge is 2.24. The number of hydrogen-bond donors (Lipinski definition) is 0. The van der Waals surface area contributed by atoms with Gasteiger partial charge in [-0.15, -0.1) is 0 Å². The molecule has 1 unspecified atom stereocenters. The van der Waals surface area contributed by atoms with Gasteiger partial charge in [0.1, 0.15) is 11.5 Å². The molecule has 1 atom stereocenters. The summed E-state index contributed by atoms with van der Waals surface area (Å²) in [5.41, 5.74) is 1.68. The summed E-state index contributed by atoms with van der Waals surface area (Å²) >= 11 is 0. The largest absolute Gasteiger partial charge is 0.497 e. The van der Waals surface area contributed by atoms with E-state index in [2.05, 4.69) is 0 Å². The second-order valence-electron chi connectivity index (χ2n) is 8.71. The lowest BCUT2D eigenvalue weighted by atomic mass is 9.98. The molecule has 6 nitrogen and oxygen atoms in total. The second kappa shape index (κ2) is 10.5. The van der Waals surface area contributed by atoms with E-state index in [0.717, 1.165) is 62.4 Å². The van der Waals surface area contributed by atoms with Crippen molar-refractivity contribution in [2.75, 3.05) is 39.9 Å². The summed E-state index contributed by atoms with van der Waals surface area (Å²) in [6.45, 7) is 3.79. The van der Waals surface area contributed by atoms with Gasteiger partial charge in [0.2, 0.25) is 5.91 Å². The number of hydrogen-bond acceptors (Lipinski definition) is 4. The molecule has 2 aromatic carbocycles. The molecule has 6 heteroatoms. The van der Waals surface area contributed by atoms with E-state index < -0.39 is 0 Å². The van der Waals surface area contributed by atoms with Crippen LogP contribution in [0.25, 0.3) is 0 Å². The molecule has 2 amide bonds.